The predicted molar refractivity (Wildman–Crippen MR) is 85.5 cm³/mol. The molecule has 1 saturated heterocycles. The van der Waals surface area contributed by atoms with Gasteiger partial charge in [-0.25, -0.2) is 4.98 Å². The Hall–Kier alpha value is -1.11. The average molecular weight is 307 g/mol. The normalized spacial score (nSPS) is 25.1. The van der Waals surface area contributed by atoms with Gasteiger partial charge in [0.1, 0.15) is 0 Å². The minimum atomic E-state index is -0.238. The van der Waals surface area contributed by atoms with E-state index < -0.39 is 0 Å². The number of likely N-dealkylation sites (tertiary alicyclic amines) is 1. The lowest BCUT2D eigenvalue weighted by atomic mass is 10.1. The molecule has 0 spiro atoms. The maximum absolute atomic E-state index is 11.7. The maximum Gasteiger partial charge on any atom is 0.254 e. The van der Waals surface area contributed by atoms with E-state index in [0.29, 0.717) is 18.9 Å². The van der Waals surface area contributed by atoms with E-state index in [1.807, 2.05) is 11.8 Å². The van der Waals surface area contributed by atoms with Gasteiger partial charge in [-0.1, -0.05) is 13.0 Å². The van der Waals surface area contributed by atoms with E-state index in [0.717, 1.165) is 41.4 Å². The first-order valence-electron chi connectivity index (χ1n) is 7.43. The molecule has 6 heteroatoms. The summed E-state index contributed by atoms with van der Waals surface area (Å²) < 4.78 is 0. The highest BCUT2D eigenvalue weighted by Gasteiger charge is 2.32. The molecule has 2 atom stereocenters. The van der Waals surface area contributed by atoms with Crippen LogP contribution in [0.25, 0.3) is 5.57 Å². The van der Waals surface area contributed by atoms with Gasteiger partial charge in [-0.05, 0) is 23.5 Å². The molecule has 2 aliphatic rings. The molecule has 0 aromatic carbocycles. The summed E-state index contributed by atoms with van der Waals surface area (Å²) in [6.45, 7) is 4.55. The Morgan fingerprint density at radius 2 is 2.38 bits per heavy atom. The van der Waals surface area contributed by atoms with Crippen LogP contribution in [0.2, 0.25) is 0 Å². The van der Waals surface area contributed by atoms with E-state index in [-0.39, 0.29) is 11.7 Å². The summed E-state index contributed by atoms with van der Waals surface area (Å²) in [5, 5.41) is 10.2. The summed E-state index contributed by atoms with van der Waals surface area (Å²) in [6, 6.07) is 0. The molecule has 0 bridgehead atoms. The van der Waals surface area contributed by atoms with E-state index in [1.54, 1.807) is 0 Å². The van der Waals surface area contributed by atoms with Crippen LogP contribution in [0.1, 0.15) is 18.2 Å². The molecule has 1 fully saturated rings. The molecule has 0 radical (unpaired) electrons. The van der Waals surface area contributed by atoms with Crippen molar-refractivity contribution in [2.75, 3.05) is 31.1 Å². The number of hydrogen-bond acceptors (Lipinski definition) is 5. The van der Waals surface area contributed by atoms with Gasteiger partial charge in [-0.2, -0.15) is 11.8 Å². The van der Waals surface area contributed by atoms with Crippen molar-refractivity contribution in [1.29, 1.82) is 0 Å². The lowest BCUT2D eigenvalue weighted by molar-refractivity contribution is 0.151. The largest absolute Gasteiger partial charge is 0.391 e. The number of thioether (sulfide) groups is 1. The number of aliphatic hydroxyl groups excluding tert-OH is 1. The predicted octanol–water partition coefficient (Wildman–Crippen LogP) is 0.755. The second kappa shape index (κ2) is 6.34. The van der Waals surface area contributed by atoms with Crippen LogP contribution in [0.3, 0.4) is 0 Å². The number of hydrogen-bond donors (Lipinski definition) is 2. The zero-order chi connectivity index (χ0) is 14.8. The Balaban J connectivity index is 1.65. The Labute approximate surface area is 128 Å². The number of β-amino-alcohol motifs (C(OH)–C–C–N with tert-alkyl or cyclic N) is 1. The summed E-state index contributed by atoms with van der Waals surface area (Å²) in [4.78, 5) is 20.9. The Bertz CT molecular complexity index is 599. The topological polar surface area (TPSA) is 69.2 Å². The SMILES string of the molecule is CCSC[C@H]1CN(CC2=CCc3c2nc[nH]c3=O)C[C@@H]1O. The molecule has 2 heterocycles. The van der Waals surface area contributed by atoms with Crippen LogP contribution in [-0.4, -0.2) is 57.2 Å². The van der Waals surface area contributed by atoms with Crippen LogP contribution in [0.15, 0.2) is 17.2 Å². The second-order valence-corrected chi connectivity index (χ2v) is 6.99. The highest BCUT2D eigenvalue weighted by molar-refractivity contribution is 7.99. The molecule has 2 N–H and O–H groups in total. The molecule has 1 aromatic rings. The number of H-pyrrole nitrogens is 1. The molecule has 0 unspecified atom stereocenters. The van der Waals surface area contributed by atoms with Crippen molar-refractivity contribution < 1.29 is 5.11 Å². The molecule has 1 aliphatic heterocycles. The van der Waals surface area contributed by atoms with Gasteiger partial charge in [-0.15, -0.1) is 0 Å². The van der Waals surface area contributed by atoms with Crippen molar-refractivity contribution in [3.8, 4) is 0 Å². The van der Waals surface area contributed by atoms with E-state index in [4.69, 9.17) is 0 Å². The molecule has 0 amide bonds. The molecule has 0 saturated carbocycles. The smallest absolute Gasteiger partial charge is 0.254 e. The van der Waals surface area contributed by atoms with Gasteiger partial charge in [0.05, 0.1) is 18.1 Å². The van der Waals surface area contributed by atoms with Crippen molar-refractivity contribution in [2.24, 2.45) is 5.92 Å². The first-order chi connectivity index (χ1) is 10.2. The molecule has 1 aliphatic carbocycles. The number of nitrogens with zero attached hydrogens (tertiary/aromatic N) is 2. The van der Waals surface area contributed by atoms with Crippen LogP contribution in [0, 0.1) is 5.92 Å². The van der Waals surface area contributed by atoms with E-state index >= 15 is 0 Å². The number of allylic oxidation sites excluding steroid dienone is 1. The molecule has 5 nitrogen and oxygen atoms in total. The fourth-order valence-corrected chi connectivity index (χ4v) is 3.97. The molecular formula is C15H21N3O2S. The third kappa shape index (κ3) is 3.07. The van der Waals surface area contributed by atoms with Crippen molar-refractivity contribution in [2.45, 2.75) is 19.4 Å². The lowest BCUT2D eigenvalue weighted by Gasteiger charge is -2.16. The zero-order valence-corrected chi connectivity index (χ0v) is 13.0. The molecule has 3 rings (SSSR count). The highest BCUT2D eigenvalue weighted by atomic mass is 32.2. The van der Waals surface area contributed by atoms with E-state index in [2.05, 4.69) is 27.9 Å². The fourth-order valence-electron chi connectivity index (χ4n) is 3.10. The van der Waals surface area contributed by atoms with Gasteiger partial charge in [0.15, 0.2) is 0 Å². The van der Waals surface area contributed by atoms with Crippen LogP contribution in [0.4, 0.5) is 0 Å². The maximum atomic E-state index is 11.7. The number of nitrogens with one attached hydrogen (secondary N) is 1. The molecule has 114 valence electrons. The highest BCUT2D eigenvalue weighted by Crippen LogP contribution is 2.27. The summed E-state index contributed by atoms with van der Waals surface area (Å²) in [7, 11) is 0. The van der Waals surface area contributed by atoms with Crippen LogP contribution in [0.5, 0.6) is 0 Å². The molecular weight excluding hydrogens is 286 g/mol. The van der Waals surface area contributed by atoms with Crippen LogP contribution in [-0.2, 0) is 6.42 Å². The van der Waals surface area contributed by atoms with Gasteiger partial charge in [0, 0.05) is 31.1 Å². The second-order valence-electron chi connectivity index (χ2n) is 5.67. The summed E-state index contributed by atoms with van der Waals surface area (Å²) in [6.07, 6.45) is 3.99. The first kappa shape index (κ1) is 14.8. The quantitative estimate of drug-likeness (QED) is 0.840. The number of rotatable bonds is 5. The van der Waals surface area contributed by atoms with Gasteiger partial charge >= 0.3 is 0 Å². The third-order valence-electron chi connectivity index (χ3n) is 4.22. The van der Waals surface area contributed by atoms with Gasteiger partial charge < -0.3 is 10.1 Å². The lowest BCUT2D eigenvalue weighted by Crippen LogP contribution is -2.24. The van der Waals surface area contributed by atoms with Gasteiger partial charge in [0.25, 0.3) is 5.56 Å². The first-order valence-corrected chi connectivity index (χ1v) is 8.58. The Morgan fingerprint density at radius 3 is 3.19 bits per heavy atom. The minimum absolute atomic E-state index is 0.0371. The standard InChI is InChI=1S/C15H21N3O2S/c1-2-21-8-11-6-18(7-13(11)19)5-10-3-4-12-14(10)16-9-17-15(12)20/h3,9,11,13,19H,2,4-8H2,1H3,(H,16,17,20)/t11-,13+/m1/s1. The van der Waals surface area contributed by atoms with Crippen molar-refractivity contribution in [1.82, 2.24) is 14.9 Å². The zero-order valence-electron chi connectivity index (χ0n) is 12.2. The number of aromatic nitrogens is 2. The monoisotopic (exact) mass is 307 g/mol. The van der Waals surface area contributed by atoms with Crippen LogP contribution < -0.4 is 5.56 Å². The van der Waals surface area contributed by atoms with Crippen molar-refractivity contribution in [3.63, 3.8) is 0 Å². The number of fused-ring (bicyclic) bond motifs is 1. The fraction of sp³-hybridized carbons (Fsp3) is 0.600. The van der Waals surface area contributed by atoms with Crippen LogP contribution >= 0.6 is 11.8 Å². The number of aromatic amines is 1. The number of aliphatic hydroxyl groups is 1. The van der Waals surface area contributed by atoms with E-state index in [1.165, 1.54) is 6.33 Å². The molecule has 21 heavy (non-hydrogen) atoms. The molecule has 1 aromatic heterocycles. The van der Waals surface area contributed by atoms with E-state index in [9.17, 15) is 9.90 Å². The van der Waals surface area contributed by atoms with Gasteiger partial charge in [0.2, 0.25) is 0 Å². The summed E-state index contributed by atoms with van der Waals surface area (Å²) in [5.41, 5.74) is 2.68. The Morgan fingerprint density at radius 1 is 1.52 bits per heavy atom. The third-order valence-corrected chi connectivity index (χ3v) is 5.29. The van der Waals surface area contributed by atoms with Crippen molar-refractivity contribution >= 4 is 17.3 Å². The summed E-state index contributed by atoms with van der Waals surface area (Å²) >= 11 is 1.89. The average Bonchev–Trinajstić information content (AvgIpc) is 3.02. The minimum Gasteiger partial charge on any atom is -0.391 e. The van der Waals surface area contributed by atoms with Crippen molar-refractivity contribution in [3.05, 3.63) is 34.0 Å². The summed E-state index contributed by atoms with van der Waals surface area (Å²) in [5.74, 6) is 2.46. The Kier molecular flexibility index (Phi) is 4.47. The van der Waals surface area contributed by atoms with Gasteiger partial charge in [-0.3, -0.25) is 9.69 Å².